The Labute approximate surface area is 193 Å². The summed E-state index contributed by atoms with van der Waals surface area (Å²) in [6, 6.07) is 11.1. The zero-order valence-electron chi connectivity index (χ0n) is 16.6. The van der Waals surface area contributed by atoms with Gasteiger partial charge in [-0.05, 0) is 51.8 Å². The van der Waals surface area contributed by atoms with Gasteiger partial charge in [-0.2, -0.15) is 0 Å². The third-order valence-corrected chi connectivity index (χ3v) is 6.27. The molecule has 1 amide bonds. The van der Waals surface area contributed by atoms with Crippen molar-refractivity contribution in [3.8, 4) is 23.0 Å². The number of carbonyl (C=O) groups excluding carboxylic acids is 1. The fourth-order valence-electron chi connectivity index (χ4n) is 2.69. The summed E-state index contributed by atoms with van der Waals surface area (Å²) in [4.78, 5) is 14.2. The Bertz CT molecular complexity index is 995. The van der Waals surface area contributed by atoms with Crippen molar-refractivity contribution in [3.05, 3.63) is 51.3 Å². The Balaban J connectivity index is 1.69. The Morgan fingerprint density at radius 1 is 1.07 bits per heavy atom. The Morgan fingerprint density at radius 2 is 1.73 bits per heavy atom. The average molecular weight is 510 g/mol. The average Bonchev–Trinajstić information content (AvgIpc) is 2.98. The standard InChI is InChI=1S/C21H20BrNO5S2/c1-23-20(24)18(30-21(23)29)12-13-10-14(22)19(17(11-13)26-3)28-9-8-27-16-7-5-4-6-15(16)25-2/h4-7,10-12H,8-9H2,1-3H3/b18-12-. The van der Waals surface area contributed by atoms with E-state index >= 15 is 0 Å². The molecule has 0 radical (unpaired) electrons. The van der Waals surface area contributed by atoms with E-state index in [1.807, 2.05) is 36.4 Å². The molecule has 6 nitrogen and oxygen atoms in total. The molecule has 158 valence electrons. The summed E-state index contributed by atoms with van der Waals surface area (Å²) in [5.41, 5.74) is 0.797. The summed E-state index contributed by atoms with van der Waals surface area (Å²) in [6.45, 7) is 0.636. The minimum Gasteiger partial charge on any atom is -0.493 e. The van der Waals surface area contributed by atoms with E-state index in [-0.39, 0.29) is 5.91 Å². The number of nitrogens with zero attached hydrogens (tertiary/aromatic N) is 1. The van der Waals surface area contributed by atoms with Crippen molar-refractivity contribution in [1.29, 1.82) is 0 Å². The van der Waals surface area contributed by atoms with E-state index in [1.165, 1.54) is 16.7 Å². The smallest absolute Gasteiger partial charge is 0.265 e. The number of carbonyl (C=O) groups is 1. The fraction of sp³-hybridized carbons (Fsp3) is 0.238. The lowest BCUT2D eigenvalue weighted by molar-refractivity contribution is -0.121. The van der Waals surface area contributed by atoms with Gasteiger partial charge in [-0.15, -0.1) is 0 Å². The molecular formula is C21H20BrNO5S2. The lowest BCUT2D eigenvalue weighted by atomic mass is 10.2. The maximum absolute atomic E-state index is 12.2. The van der Waals surface area contributed by atoms with Crippen LogP contribution < -0.4 is 18.9 Å². The molecule has 1 fully saturated rings. The maximum Gasteiger partial charge on any atom is 0.265 e. The van der Waals surface area contributed by atoms with E-state index in [1.54, 1.807) is 27.3 Å². The van der Waals surface area contributed by atoms with Crippen molar-refractivity contribution >= 4 is 56.2 Å². The maximum atomic E-state index is 12.2. The molecule has 9 heteroatoms. The van der Waals surface area contributed by atoms with Gasteiger partial charge in [-0.3, -0.25) is 9.69 Å². The van der Waals surface area contributed by atoms with Gasteiger partial charge >= 0.3 is 0 Å². The van der Waals surface area contributed by atoms with Crippen molar-refractivity contribution in [2.45, 2.75) is 0 Å². The minimum absolute atomic E-state index is 0.117. The number of hydrogen-bond donors (Lipinski definition) is 0. The van der Waals surface area contributed by atoms with Crippen LogP contribution in [0.15, 0.2) is 45.8 Å². The van der Waals surface area contributed by atoms with Crippen LogP contribution in [-0.2, 0) is 4.79 Å². The number of hydrogen-bond acceptors (Lipinski definition) is 7. The SMILES string of the molecule is COc1ccccc1OCCOc1c(Br)cc(/C=C2\SC(=S)N(C)C2=O)cc1OC. The van der Waals surface area contributed by atoms with Crippen LogP contribution in [0.5, 0.6) is 23.0 Å². The van der Waals surface area contributed by atoms with Gasteiger partial charge in [-0.25, -0.2) is 0 Å². The zero-order valence-corrected chi connectivity index (χ0v) is 19.9. The Hall–Kier alpha value is -2.23. The first kappa shape index (κ1) is 22.5. The molecule has 2 aromatic rings. The van der Waals surface area contributed by atoms with E-state index in [2.05, 4.69) is 15.9 Å². The van der Waals surface area contributed by atoms with Gasteiger partial charge in [0, 0.05) is 7.05 Å². The van der Waals surface area contributed by atoms with Gasteiger partial charge < -0.3 is 18.9 Å². The molecule has 0 saturated carbocycles. The predicted octanol–water partition coefficient (Wildman–Crippen LogP) is 4.76. The number of likely N-dealkylation sites (N-methyl/N-ethyl adjacent to an activating group) is 1. The molecule has 0 spiro atoms. The van der Waals surface area contributed by atoms with Crippen molar-refractivity contribution in [1.82, 2.24) is 4.90 Å². The molecule has 0 N–H and O–H groups in total. The fourth-order valence-corrected chi connectivity index (χ4v) is 4.45. The van der Waals surface area contributed by atoms with Crippen molar-refractivity contribution in [2.75, 3.05) is 34.5 Å². The summed E-state index contributed by atoms with van der Waals surface area (Å²) < 4.78 is 23.6. The number of methoxy groups -OCH3 is 2. The van der Waals surface area contributed by atoms with Gasteiger partial charge in [0.05, 0.1) is 23.6 Å². The first-order valence-corrected chi connectivity index (χ1v) is 10.9. The molecule has 1 aliphatic heterocycles. The van der Waals surface area contributed by atoms with E-state index in [9.17, 15) is 4.79 Å². The van der Waals surface area contributed by atoms with E-state index in [4.69, 9.17) is 31.2 Å². The van der Waals surface area contributed by atoms with Crippen molar-refractivity contribution in [2.24, 2.45) is 0 Å². The Morgan fingerprint density at radius 3 is 2.37 bits per heavy atom. The third kappa shape index (κ3) is 5.08. The van der Waals surface area contributed by atoms with Crippen LogP contribution >= 0.6 is 39.9 Å². The summed E-state index contributed by atoms with van der Waals surface area (Å²) in [6.07, 6.45) is 1.78. The number of halogens is 1. The van der Waals surface area contributed by atoms with E-state index in [0.29, 0.717) is 49.9 Å². The number of amides is 1. The highest BCUT2D eigenvalue weighted by Gasteiger charge is 2.28. The number of thioether (sulfide) groups is 1. The highest BCUT2D eigenvalue weighted by atomic mass is 79.9. The first-order chi connectivity index (χ1) is 14.4. The molecule has 0 atom stereocenters. The number of para-hydroxylation sites is 2. The summed E-state index contributed by atoms with van der Waals surface area (Å²) in [7, 11) is 4.83. The highest BCUT2D eigenvalue weighted by molar-refractivity contribution is 9.10. The second-order valence-electron chi connectivity index (χ2n) is 6.12. The molecule has 0 aliphatic carbocycles. The number of ether oxygens (including phenoxy) is 4. The van der Waals surface area contributed by atoms with Crippen LogP contribution in [-0.4, -0.2) is 49.6 Å². The van der Waals surface area contributed by atoms with Crippen LogP contribution in [0.4, 0.5) is 0 Å². The largest absolute Gasteiger partial charge is 0.493 e. The van der Waals surface area contributed by atoms with Crippen molar-refractivity contribution in [3.63, 3.8) is 0 Å². The predicted molar refractivity (Wildman–Crippen MR) is 126 cm³/mol. The number of rotatable bonds is 8. The van der Waals surface area contributed by atoms with E-state index < -0.39 is 0 Å². The molecule has 30 heavy (non-hydrogen) atoms. The second kappa shape index (κ2) is 10.2. The van der Waals surface area contributed by atoms with Gasteiger partial charge in [0.15, 0.2) is 23.0 Å². The zero-order chi connectivity index (χ0) is 21.7. The van der Waals surface area contributed by atoms with Gasteiger partial charge in [0.25, 0.3) is 5.91 Å². The molecule has 1 aliphatic rings. The molecule has 0 aromatic heterocycles. The quantitative estimate of drug-likeness (QED) is 0.289. The molecule has 0 bridgehead atoms. The molecule has 3 rings (SSSR count). The van der Waals surface area contributed by atoms with Crippen molar-refractivity contribution < 1.29 is 23.7 Å². The summed E-state index contributed by atoms with van der Waals surface area (Å²) in [5, 5.41) is 0. The van der Waals surface area contributed by atoms with E-state index in [0.717, 1.165) is 5.56 Å². The van der Waals surface area contributed by atoms with Gasteiger partial charge in [0.1, 0.15) is 17.5 Å². The molecule has 1 heterocycles. The minimum atomic E-state index is -0.117. The second-order valence-corrected chi connectivity index (χ2v) is 8.65. The van der Waals surface area contributed by atoms with Crippen LogP contribution in [0.1, 0.15) is 5.56 Å². The molecule has 2 aromatic carbocycles. The number of benzene rings is 2. The highest BCUT2D eigenvalue weighted by Crippen LogP contribution is 2.39. The van der Waals surface area contributed by atoms with Gasteiger partial charge in [0.2, 0.25) is 0 Å². The summed E-state index contributed by atoms with van der Waals surface area (Å²) >= 11 is 9.97. The first-order valence-electron chi connectivity index (χ1n) is 8.92. The lowest BCUT2D eigenvalue weighted by Crippen LogP contribution is -2.22. The number of thiocarbonyl (C=S) groups is 1. The molecule has 1 saturated heterocycles. The normalized spacial score (nSPS) is 14.9. The monoisotopic (exact) mass is 509 g/mol. The van der Waals surface area contributed by atoms with Crippen LogP contribution in [0.3, 0.4) is 0 Å². The third-order valence-electron chi connectivity index (χ3n) is 4.19. The van der Waals surface area contributed by atoms with Gasteiger partial charge in [-0.1, -0.05) is 36.1 Å². The van der Waals surface area contributed by atoms with Crippen LogP contribution in [0, 0.1) is 0 Å². The van der Waals surface area contributed by atoms with Crippen LogP contribution in [0.2, 0.25) is 0 Å². The molecule has 0 unspecified atom stereocenters. The molecular weight excluding hydrogens is 490 g/mol. The lowest BCUT2D eigenvalue weighted by Gasteiger charge is -2.15. The van der Waals surface area contributed by atoms with Crippen LogP contribution in [0.25, 0.3) is 6.08 Å². The Kier molecular flexibility index (Phi) is 7.63. The topological polar surface area (TPSA) is 57.2 Å². The summed E-state index contributed by atoms with van der Waals surface area (Å²) in [5.74, 6) is 2.30.